The molecule has 1 aliphatic rings. The monoisotopic (exact) mass is 384 g/mol. The Bertz CT molecular complexity index is 602. The highest BCUT2D eigenvalue weighted by Crippen LogP contribution is 2.47. The smallest absolute Gasteiger partial charge is 0.0450 e. The van der Waals surface area contributed by atoms with Crippen LogP contribution in [0.15, 0.2) is 30.5 Å². The summed E-state index contributed by atoms with van der Waals surface area (Å²) in [5.41, 5.74) is 11.0. The van der Waals surface area contributed by atoms with Crippen molar-refractivity contribution in [1.29, 1.82) is 0 Å². The largest absolute Gasteiger partial charge is 0.345 e. The molecular formula is C26H44N2. The third-order valence-corrected chi connectivity index (χ3v) is 6.54. The number of allylic oxidation sites excluding steroid dienone is 1. The van der Waals surface area contributed by atoms with Crippen LogP contribution in [0.4, 0.5) is 5.69 Å². The van der Waals surface area contributed by atoms with Gasteiger partial charge < -0.3 is 10.6 Å². The molecule has 1 aromatic carbocycles. The third-order valence-electron chi connectivity index (χ3n) is 6.54. The van der Waals surface area contributed by atoms with Crippen molar-refractivity contribution in [3.8, 4) is 0 Å². The summed E-state index contributed by atoms with van der Waals surface area (Å²) in [6.07, 6.45) is 16.7. The first-order valence-corrected chi connectivity index (χ1v) is 11.8. The molecule has 0 saturated carbocycles. The van der Waals surface area contributed by atoms with E-state index in [1.165, 1.54) is 99.6 Å². The van der Waals surface area contributed by atoms with Gasteiger partial charge in [0.1, 0.15) is 0 Å². The molecule has 1 aromatic rings. The first kappa shape index (κ1) is 23.0. The van der Waals surface area contributed by atoms with E-state index in [-0.39, 0.29) is 5.41 Å². The van der Waals surface area contributed by atoms with Gasteiger partial charge in [0.05, 0.1) is 0 Å². The Balaban J connectivity index is 1.64. The Morgan fingerprint density at radius 1 is 0.857 bits per heavy atom. The molecule has 0 amide bonds. The van der Waals surface area contributed by atoms with Crippen LogP contribution in [0.5, 0.6) is 0 Å². The molecule has 158 valence electrons. The number of fused-ring (bicyclic) bond motifs is 1. The number of rotatable bonds is 14. The van der Waals surface area contributed by atoms with Gasteiger partial charge in [0.15, 0.2) is 0 Å². The van der Waals surface area contributed by atoms with Crippen LogP contribution in [0.25, 0.3) is 0 Å². The molecule has 1 heterocycles. The normalized spacial score (nSPS) is 15.3. The van der Waals surface area contributed by atoms with E-state index in [0.717, 1.165) is 6.54 Å². The minimum atomic E-state index is 0.0115. The van der Waals surface area contributed by atoms with E-state index in [1.54, 1.807) is 0 Å². The summed E-state index contributed by atoms with van der Waals surface area (Å²) in [6, 6.07) is 6.70. The van der Waals surface area contributed by atoms with E-state index in [2.05, 4.69) is 50.4 Å². The molecule has 0 bridgehead atoms. The van der Waals surface area contributed by atoms with Crippen LogP contribution in [0.3, 0.4) is 0 Å². The fraction of sp³-hybridized carbons (Fsp3) is 0.692. The number of hydrogen-bond donors (Lipinski definition) is 1. The summed E-state index contributed by atoms with van der Waals surface area (Å²) in [7, 11) is 0. The van der Waals surface area contributed by atoms with Crippen molar-refractivity contribution in [2.45, 2.75) is 110 Å². The number of hydrogen-bond acceptors (Lipinski definition) is 2. The summed E-state index contributed by atoms with van der Waals surface area (Å²) >= 11 is 0. The number of nitrogens with two attached hydrogens (primary N) is 1. The minimum absolute atomic E-state index is 0.0115. The maximum absolute atomic E-state index is 5.85. The molecule has 2 rings (SSSR count). The lowest BCUT2D eigenvalue weighted by atomic mass is 9.84. The molecule has 0 spiro atoms. The maximum Gasteiger partial charge on any atom is 0.0450 e. The molecule has 0 atom stereocenters. The van der Waals surface area contributed by atoms with E-state index in [0.29, 0.717) is 6.54 Å². The third kappa shape index (κ3) is 6.11. The van der Waals surface area contributed by atoms with Gasteiger partial charge in [-0.1, -0.05) is 110 Å². The summed E-state index contributed by atoms with van der Waals surface area (Å²) in [5.74, 6) is 0. The average molecular weight is 385 g/mol. The van der Waals surface area contributed by atoms with Crippen molar-refractivity contribution in [2.75, 3.05) is 11.4 Å². The lowest BCUT2D eigenvalue weighted by Gasteiger charge is -2.25. The molecule has 28 heavy (non-hydrogen) atoms. The van der Waals surface area contributed by atoms with Crippen LogP contribution in [-0.4, -0.2) is 6.54 Å². The van der Waals surface area contributed by atoms with E-state index in [1.807, 2.05) is 0 Å². The van der Waals surface area contributed by atoms with E-state index < -0.39 is 0 Å². The van der Waals surface area contributed by atoms with Crippen molar-refractivity contribution in [3.63, 3.8) is 0 Å². The SMILES string of the molecule is C=C1N(CCCCCCCCCCCCCC)c2ccc(CN)cc2C1(C)C. The zero-order valence-corrected chi connectivity index (χ0v) is 18.9. The second-order valence-electron chi connectivity index (χ2n) is 9.17. The van der Waals surface area contributed by atoms with Gasteiger partial charge in [0.25, 0.3) is 0 Å². The molecule has 0 aromatic heterocycles. The predicted molar refractivity (Wildman–Crippen MR) is 125 cm³/mol. The molecule has 0 aliphatic carbocycles. The first-order chi connectivity index (χ1) is 13.5. The van der Waals surface area contributed by atoms with E-state index in [4.69, 9.17) is 5.73 Å². The van der Waals surface area contributed by atoms with Crippen LogP contribution < -0.4 is 10.6 Å². The first-order valence-electron chi connectivity index (χ1n) is 11.8. The van der Waals surface area contributed by atoms with Crippen molar-refractivity contribution in [3.05, 3.63) is 41.6 Å². The Labute approximate surface area is 174 Å². The Morgan fingerprint density at radius 3 is 1.93 bits per heavy atom. The van der Waals surface area contributed by atoms with Gasteiger partial charge in [-0.3, -0.25) is 0 Å². The van der Waals surface area contributed by atoms with Gasteiger partial charge in [-0.2, -0.15) is 0 Å². The number of unbranched alkanes of at least 4 members (excludes halogenated alkanes) is 11. The Kier molecular flexibility index (Phi) is 9.58. The molecule has 1 aliphatic heterocycles. The van der Waals surface area contributed by atoms with E-state index >= 15 is 0 Å². The molecule has 2 nitrogen and oxygen atoms in total. The predicted octanol–water partition coefficient (Wildman–Crippen LogP) is 7.46. The highest BCUT2D eigenvalue weighted by molar-refractivity contribution is 5.70. The molecule has 0 saturated heterocycles. The second-order valence-corrected chi connectivity index (χ2v) is 9.17. The van der Waals surface area contributed by atoms with Crippen molar-refractivity contribution >= 4 is 5.69 Å². The molecule has 2 N–H and O–H groups in total. The average Bonchev–Trinajstić information content (AvgIpc) is 2.88. The lowest BCUT2D eigenvalue weighted by Crippen LogP contribution is -2.26. The fourth-order valence-corrected chi connectivity index (χ4v) is 4.45. The maximum atomic E-state index is 5.85. The minimum Gasteiger partial charge on any atom is -0.345 e. The van der Waals surface area contributed by atoms with Crippen molar-refractivity contribution in [2.24, 2.45) is 5.73 Å². The van der Waals surface area contributed by atoms with Crippen LogP contribution in [0, 0.1) is 0 Å². The van der Waals surface area contributed by atoms with Crippen molar-refractivity contribution < 1.29 is 0 Å². The Hall–Kier alpha value is -1.28. The fourth-order valence-electron chi connectivity index (χ4n) is 4.45. The lowest BCUT2D eigenvalue weighted by molar-refractivity contribution is 0.543. The summed E-state index contributed by atoms with van der Waals surface area (Å²) < 4.78 is 0. The van der Waals surface area contributed by atoms with Gasteiger partial charge in [-0.25, -0.2) is 0 Å². The molecule has 0 radical (unpaired) electrons. The van der Waals surface area contributed by atoms with Crippen LogP contribution in [0.1, 0.15) is 109 Å². The van der Waals surface area contributed by atoms with Crippen LogP contribution in [-0.2, 0) is 12.0 Å². The highest BCUT2D eigenvalue weighted by Gasteiger charge is 2.38. The summed E-state index contributed by atoms with van der Waals surface area (Å²) in [5, 5.41) is 0. The number of anilines is 1. The topological polar surface area (TPSA) is 29.3 Å². The zero-order chi connectivity index (χ0) is 20.4. The number of nitrogens with zero attached hydrogens (tertiary/aromatic N) is 1. The quantitative estimate of drug-likeness (QED) is 0.337. The molecule has 2 heteroatoms. The summed E-state index contributed by atoms with van der Waals surface area (Å²) in [6.45, 7) is 13.0. The molecule has 0 fully saturated rings. The second kappa shape index (κ2) is 11.7. The summed E-state index contributed by atoms with van der Waals surface area (Å²) in [4.78, 5) is 2.45. The van der Waals surface area contributed by atoms with Crippen LogP contribution >= 0.6 is 0 Å². The van der Waals surface area contributed by atoms with Gasteiger partial charge in [0.2, 0.25) is 0 Å². The standard InChI is InChI=1S/C26H44N2/c1-5-6-7-8-9-10-11-12-13-14-15-16-19-28-22(2)26(3,4)24-20-23(21-27)17-18-25(24)28/h17-18,20H,2,5-16,19,21,27H2,1,3-4H3. The van der Waals surface area contributed by atoms with Gasteiger partial charge in [0, 0.05) is 29.9 Å². The van der Waals surface area contributed by atoms with E-state index in [9.17, 15) is 0 Å². The Morgan fingerprint density at radius 2 is 1.39 bits per heavy atom. The van der Waals surface area contributed by atoms with Gasteiger partial charge >= 0.3 is 0 Å². The highest BCUT2D eigenvalue weighted by atomic mass is 15.2. The van der Waals surface area contributed by atoms with Crippen LogP contribution in [0.2, 0.25) is 0 Å². The molecule has 0 unspecified atom stereocenters. The van der Waals surface area contributed by atoms with Gasteiger partial charge in [-0.05, 0) is 23.6 Å². The molecular weight excluding hydrogens is 340 g/mol. The zero-order valence-electron chi connectivity index (χ0n) is 18.9. The van der Waals surface area contributed by atoms with Gasteiger partial charge in [-0.15, -0.1) is 0 Å². The van der Waals surface area contributed by atoms with Crippen molar-refractivity contribution in [1.82, 2.24) is 0 Å². The number of benzene rings is 1.